The molecule has 0 aliphatic heterocycles. The monoisotopic (exact) mass is 473 g/mol. The highest BCUT2D eigenvalue weighted by Gasteiger charge is 2.19. The van der Waals surface area contributed by atoms with Gasteiger partial charge in [-0.15, -0.1) is 0 Å². The van der Waals surface area contributed by atoms with E-state index in [1.54, 1.807) is 0 Å². The maximum Gasteiger partial charge on any atom is 0.145 e. The molecule has 2 aromatic heterocycles. The molecule has 2 heterocycles. The van der Waals surface area contributed by atoms with Crippen molar-refractivity contribution in [3.63, 3.8) is 0 Å². The SMILES string of the molecule is C1=CCC(c2cc(-c3ccccc3)cc(-n3c4ccccc4c4c5oc6ccccc6c5ccc43)c2)=C1. The van der Waals surface area contributed by atoms with Gasteiger partial charge in [0.15, 0.2) is 0 Å². The van der Waals surface area contributed by atoms with Crippen LogP contribution >= 0.6 is 0 Å². The smallest absolute Gasteiger partial charge is 0.145 e. The molecule has 0 saturated carbocycles. The highest BCUT2D eigenvalue weighted by Crippen LogP contribution is 2.41. The molecule has 7 aromatic rings. The van der Waals surface area contributed by atoms with Crippen LogP contribution in [0, 0.1) is 0 Å². The van der Waals surface area contributed by atoms with Gasteiger partial charge in [-0.25, -0.2) is 0 Å². The molecule has 1 aliphatic carbocycles. The van der Waals surface area contributed by atoms with E-state index in [0.29, 0.717) is 0 Å². The summed E-state index contributed by atoms with van der Waals surface area (Å²) in [5, 5.41) is 4.69. The number of fused-ring (bicyclic) bond motifs is 7. The van der Waals surface area contributed by atoms with Gasteiger partial charge in [-0.2, -0.15) is 0 Å². The normalized spacial score (nSPS) is 13.4. The van der Waals surface area contributed by atoms with Crippen molar-refractivity contribution in [2.45, 2.75) is 6.42 Å². The molecule has 0 amide bonds. The summed E-state index contributed by atoms with van der Waals surface area (Å²) in [5.74, 6) is 0. The Hall–Kier alpha value is -4.82. The number of aromatic nitrogens is 1. The lowest BCUT2D eigenvalue weighted by molar-refractivity contribution is 0.673. The summed E-state index contributed by atoms with van der Waals surface area (Å²) in [7, 11) is 0. The molecule has 2 heteroatoms. The highest BCUT2D eigenvalue weighted by atomic mass is 16.3. The highest BCUT2D eigenvalue weighted by molar-refractivity contribution is 6.23. The van der Waals surface area contributed by atoms with E-state index in [0.717, 1.165) is 44.9 Å². The van der Waals surface area contributed by atoms with Gasteiger partial charge in [0, 0.05) is 21.8 Å². The molecule has 37 heavy (non-hydrogen) atoms. The lowest BCUT2D eigenvalue weighted by Gasteiger charge is -2.14. The molecule has 0 N–H and O–H groups in total. The van der Waals surface area contributed by atoms with Gasteiger partial charge in [0.05, 0.1) is 16.4 Å². The van der Waals surface area contributed by atoms with Gasteiger partial charge < -0.3 is 8.98 Å². The fourth-order valence-electron chi connectivity index (χ4n) is 5.90. The third kappa shape index (κ3) is 3.06. The molecule has 0 bridgehead atoms. The van der Waals surface area contributed by atoms with Crippen molar-refractivity contribution >= 4 is 49.3 Å². The number of allylic oxidation sites excluding steroid dienone is 4. The van der Waals surface area contributed by atoms with Gasteiger partial charge in [0.25, 0.3) is 0 Å². The Morgan fingerprint density at radius 1 is 0.595 bits per heavy atom. The quantitative estimate of drug-likeness (QED) is 0.250. The zero-order valence-corrected chi connectivity index (χ0v) is 20.2. The van der Waals surface area contributed by atoms with Crippen LogP contribution in [0.2, 0.25) is 0 Å². The fourth-order valence-corrected chi connectivity index (χ4v) is 5.90. The molecule has 5 aromatic carbocycles. The van der Waals surface area contributed by atoms with Crippen LogP contribution in [0.4, 0.5) is 0 Å². The van der Waals surface area contributed by atoms with E-state index in [2.05, 4.69) is 126 Å². The first-order chi connectivity index (χ1) is 18.3. The predicted octanol–water partition coefficient (Wildman–Crippen LogP) is 9.69. The van der Waals surface area contributed by atoms with Crippen LogP contribution in [-0.4, -0.2) is 4.57 Å². The van der Waals surface area contributed by atoms with Crippen LogP contribution in [0.25, 0.3) is 66.1 Å². The fraction of sp³-hybridized carbons (Fsp3) is 0.0286. The molecule has 8 rings (SSSR count). The van der Waals surface area contributed by atoms with Crippen LogP contribution in [-0.2, 0) is 0 Å². The second-order valence-corrected chi connectivity index (χ2v) is 9.75. The molecule has 0 unspecified atom stereocenters. The van der Waals surface area contributed by atoms with Crippen LogP contribution in [0.5, 0.6) is 0 Å². The number of hydrogen-bond donors (Lipinski definition) is 0. The summed E-state index contributed by atoms with van der Waals surface area (Å²) < 4.78 is 8.89. The molecule has 1 aliphatic rings. The van der Waals surface area contributed by atoms with Crippen LogP contribution in [0.3, 0.4) is 0 Å². The predicted molar refractivity (Wildman–Crippen MR) is 155 cm³/mol. The van der Waals surface area contributed by atoms with E-state index in [-0.39, 0.29) is 0 Å². The first kappa shape index (κ1) is 20.4. The lowest BCUT2D eigenvalue weighted by Crippen LogP contribution is -1.97. The van der Waals surface area contributed by atoms with Crippen molar-refractivity contribution in [3.8, 4) is 16.8 Å². The minimum absolute atomic E-state index is 0.927. The van der Waals surface area contributed by atoms with Gasteiger partial charge in [-0.1, -0.05) is 85.0 Å². The summed E-state index contributed by atoms with van der Waals surface area (Å²) in [4.78, 5) is 0. The van der Waals surface area contributed by atoms with Gasteiger partial charge in [0.1, 0.15) is 11.2 Å². The molecular weight excluding hydrogens is 450 g/mol. The van der Waals surface area contributed by atoms with Crippen LogP contribution < -0.4 is 0 Å². The minimum Gasteiger partial charge on any atom is -0.455 e. The standard InChI is InChI=1S/C35H23NO/c1-2-10-23(11-3-1)25-20-26(24-12-4-5-13-24)22-27(21-25)36-31-16-8-6-15-30(31)34-32(36)19-18-29-28-14-7-9-17-33(28)37-35(29)34/h1-12,14-22H,13H2. The van der Waals surface area contributed by atoms with E-state index in [9.17, 15) is 0 Å². The van der Waals surface area contributed by atoms with E-state index >= 15 is 0 Å². The zero-order valence-electron chi connectivity index (χ0n) is 20.2. The second kappa shape index (κ2) is 7.84. The Morgan fingerprint density at radius 3 is 2.24 bits per heavy atom. The molecule has 0 fully saturated rings. The number of benzene rings is 5. The first-order valence-electron chi connectivity index (χ1n) is 12.8. The largest absolute Gasteiger partial charge is 0.455 e. The van der Waals surface area contributed by atoms with E-state index in [1.807, 2.05) is 6.07 Å². The van der Waals surface area contributed by atoms with Crippen molar-refractivity contribution in [1.29, 1.82) is 0 Å². The van der Waals surface area contributed by atoms with E-state index < -0.39 is 0 Å². The summed E-state index contributed by atoms with van der Waals surface area (Å²) in [6.45, 7) is 0. The maximum atomic E-state index is 6.49. The Balaban J connectivity index is 1.48. The number of furan rings is 1. The van der Waals surface area contributed by atoms with Crippen LogP contribution in [0.15, 0.2) is 132 Å². The Kier molecular flexibility index (Phi) is 4.32. The van der Waals surface area contributed by atoms with E-state index in [4.69, 9.17) is 4.42 Å². The van der Waals surface area contributed by atoms with Crippen molar-refractivity contribution in [2.24, 2.45) is 0 Å². The molecule has 2 nitrogen and oxygen atoms in total. The molecule has 0 saturated heterocycles. The van der Waals surface area contributed by atoms with Crippen molar-refractivity contribution in [1.82, 2.24) is 4.57 Å². The average molecular weight is 474 g/mol. The number of hydrogen-bond acceptors (Lipinski definition) is 1. The number of nitrogens with zero attached hydrogens (tertiary/aromatic N) is 1. The average Bonchev–Trinajstić information content (AvgIpc) is 3.69. The number of para-hydroxylation sites is 2. The van der Waals surface area contributed by atoms with Crippen molar-refractivity contribution < 1.29 is 4.42 Å². The topological polar surface area (TPSA) is 18.1 Å². The molecule has 0 spiro atoms. The Labute approximate surface area is 214 Å². The molecule has 0 radical (unpaired) electrons. The van der Waals surface area contributed by atoms with Crippen LogP contribution in [0.1, 0.15) is 12.0 Å². The molecule has 174 valence electrons. The number of rotatable bonds is 3. The van der Waals surface area contributed by atoms with Crippen molar-refractivity contribution in [2.75, 3.05) is 0 Å². The molecular formula is C35H23NO. The summed E-state index contributed by atoms with van der Waals surface area (Å²) in [5.41, 5.74) is 10.4. The summed E-state index contributed by atoms with van der Waals surface area (Å²) in [6.07, 6.45) is 7.58. The lowest BCUT2D eigenvalue weighted by atomic mass is 9.97. The Bertz CT molecular complexity index is 2050. The zero-order chi connectivity index (χ0) is 24.3. The summed E-state index contributed by atoms with van der Waals surface area (Å²) >= 11 is 0. The van der Waals surface area contributed by atoms with Crippen molar-refractivity contribution in [3.05, 3.63) is 133 Å². The first-order valence-corrected chi connectivity index (χ1v) is 12.8. The second-order valence-electron chi connectivity index (χ2n) is 9.75. The van der Waals surface area contributed by atoms with Gasteiger partial charge in [0.2, 0.25) is 0 Å². The maximum absolute atomic E-state index is 6.49. The van der Waals surface area contributed by atoms with E-state index in [1.165, 1.54) is 33.2 Å². The van der Waals surface area contributed by atoms with Gasteiger partial charge >= 0.3 is 0 Å². The minimum atomic E-state index is 0.927. The summed E-state index contributed by atoms with van der Waals surface area (Å²) in [6, 6.07) is 39.1. The third-order valence-electron chi connectivity index (χ3n) is 7.61. The Morgan fingerprint density at radius 2 is 1.38 bits per heavy atom. The van der Waals surface area contributed by atoms with Gasteiger partial charge in [-0.05, 0) is 71.1 Å². The molecule has 0 atom stereocenters. The third-order valence-corrected chi connectivity index (χ3v) is 7.61. The van der Waals surface area contributed by atoms with Gasteiger partial charge in [-0.3, -0.25) is 0 Å².